The first kappa shape index (κ1) is 16.7. The molecular formula is C20H21ClN2O. The van der Waals surface area contributed by atoms with E-state index in [0.29, 0.717) is 11.4 Å². The molecule has 2 N–H and O–H groups in total. The maximum Gasteiger partial charge on any atom is 0.228 e. The molecular weight excluding hydrogens is 320 g/mol. The fourth-order valence-corrected chi connectivity index (χ4v) is 3.56. The Balaban J connectivity index is 2.26. The molecule has 0 aromatic heterocycles. The average molecular weight is 341 g/mol. The Morgan fingerprint density at radius 2 is 2.08 bits per heavy atom. The maximum atomic E-state index is 11.8. The van der Waals surface area contributed by atoms with Crippen molar-refractivity contribution in [2.75, 3.05) is 5.32 Å². The van der Waals surface area contributed by atoms with Gasteiger partial charge in [0.2, 0.25) is 5.91 Å². The second-order valence-corrected chi connectivity index (χ2v) is 7.18. The summed E-state index contributed by atoms with van der Waals surface area (Å²) in [5.74, 6) is 0.0380. The van der Waals surface area contributed by atoms with Crippen LogP contribution in [0.25, 0.3) is 11.1 Å². The molecule has 0 radical (unpaired) electrons. The van der Waals surface area contributed by atoms with Gasteiger partial charge < -0.3 is 10.7 Å². The van der Waals surface area contributed by atoms with Crippen LogP contribution in [-0.2, 0) is 23.1 Å². The van der Waals surface area contributed by atoms with Crippen molar-refractivity contribution in [2.24, 2.45) is 0 Å². The third-order valence-corrected chi connectivity index (χ3v) is 4.97. The molecule has 4 heteroatoms. The van der Waals surface area contributed by atoms with Gasteiger partial charge in [0.05, 0.1) is 6.42 Å². The van der Waals surface area contributed by atoms with Gasteiger partial charge in [0.1, 0.15) is 0 Å². The highest BCUT2D eigenvalue weighted by molar-refractivity contribution is 6.33. The van der Waals surface area contributed by atoms with E-state index in [1.165, 1.54) is 6.21 Å². The number of amides is 1. The average Bonchev–Trinajstić information content (AvgIpc) is 2.93. The van der Waals surface area contributed by atoms with Gasteiger partial charge in [-0.25, -0.2) is 0 Å². The van der Waals surface area contributed by atoms with Crippen molar-refractivity contribution in [3.63, 3.8) is 0 Å². The number of fused-ring (bicyclic) bond motifs is 1. The largest absolute Gasteiger partial charge is 0.325 e. The SMILES string of the molecule is CCc1cc(-c2c(Cl)cccc2C(C)(C)C=N)cc2c1NC(=O)C2. The predicted molar refractivity (Wildman–Crippen MR) is 100 cm³/mol. The van der Waals surface area contributed by atoms with Gasteiger partial charge in [-0.1, -0.05) is 44.5 Å². The molecule has 1 aliphatic rings. The highest BCUT2D eigenvalue weighted by Crippen LogP contribution is 2.40. The lowest BCUT2D eigenvalue weighted by atomic mass is 9.80. The standard InChI is InChI=1S/C20H21ClN2O/c1-4-12-8-13(9-14-10-17(24)23-19(12)14)18-15(20(2,3)11-22)6-5-7-16(18)21/h5-9,11,22H,4,10H2,1-3H3,(H,23,24). The molecule has 0 aliphatic carbocycles. The van der Waals surface area contributed by atoms with Crippen LogP contribution in [0.1, 0.15) is 37.5 Å². The topological polar surface area (TPSA) is 53.0 Å². The number of nitrogens with one attached hydrogen (secondary N) is 2. The molecule has 1 aliphatic heterocycles. The van der Waals surface area contributed by atoms with Crippen LogP contribution < -0.4 is 5.32 Å². The van der Waals surface area contributed by atoms with Gasteiger partial charge in [-0.2, -0.15) is 0 Å². The zero-order valence-corrected chi connectivity index (χ0v) is 14.9. The number of halogens is 1. The molecule has 0 spiro atoms. The van der Waals surface area contributed by atoms with Gasteiger partial charge in [0.15, 0.2) is 0 Å². The summed E-state index contributed by atoms with van der Waals surface area (Å²) in [6.07, 6.45) is 2.69. The number of aryl methyl sites for hydroxylation is 1. The highest BCUT2D eigenvalue weighted by Gasteiger charge is 2.26. The second-order valence-electron chi connectivity index (χ2n) is 6.78. The van der Waals surface area contributed by atoms with E-state index in [2.05, 4.69) is 24.4 Å². The van der Waals surface area contributed by atoms with Gasteiger partial charge in [-0.15, -0.1) is 0 Å². The number of anilines is 1. The minimum atomic E-state index is -0.417. The van der Waals surface area contributed by atoms with Crippen molar-refractivity contribution in [3.8, 4) is 11.1 Å². The van der Waals surface area contributed by atoms with E-state index in [0.717, 1.165) is 39.9 Å². The summed E-state index contributed by atoms with van der Waals surface area (Å²) in [6, 6.07) is 9.98. The van der Waals surface area contributed by atoms with Crippen molar-refractivity contribution in [2.45, 2.75) is 39.0 Å². The molecule has 1 heterocycles. The predicted octanol–water partition coefficient (Wildman–Crippen LogP) is 4.99. The monoisotopic (exact) mass is 340 g/mol. The number of carbonyl (C=O) groups is 1. The molecule has 0 unspecified atom stereocenters. The van der Waals surface area contributed by atoms with E-state index >= 15 is 0 Å². The Labute approximate surface area is 147 Å². The molecule has 0 saturated carbocycles. The van der Waals surface area contributed by atoms with E-state index in [4.69, 9.17) is 17.0 Å². The van der Waals surface area contributed by atoms with E-state index in [9.17, 15) is 4.79 Å². The molecule has 0 fully saturated rings. The Kier molecular flexibility index (Phi) is 4.22. The number of hydrogen-bond acceptors (Lipinski definition) is 2. The van der Waals surface area contributed by atoms with Crippen LogP contribution in [-0.4, -0.2) is 12.1 Å². The zero-order chi connectivity index (χ0) is 17.5. The number of hydrogen-bond donors (Lipinski definition) is 2. The first-order chi connectivity index (χ1) is 11.4. The Hall–Kier alpha value is -2.13. The van der Waals surface area contributed by atoms with Crippen LogP contribution in [0.15, 0.2) is 30.3 Å². The lowest BCUT2D eigenvalue weighted by Gasteiger charge is -2.24. The number of carbonyl (C=O) groups excluding carboxylic acids is 1. The lowest BCUT2D eigenvalue weighted by Crippen LogP contribution is -2.19. The minimum Gasteiger partial charge on any atom is -0.325 e. The van der Waals surface area contributed by atoms with E-state index in [1.807, 2.05) is 32.0 Å². The molecule has 0 saturated heterocycles. The van der Waals surface area contributed by atoms with Crippen molar-refractivity contribution >= 4 is 29.4 Å². The van der Waals surface area contributed by atoms with Crippen LogP contribution in [0.4, 0.5) is 5.69 Å². The van der Waals surface area contributed by atoms with Gasteiger partial charge in [0.25, 0.3) is 0 Å². The molecule has 0 bridgehead atoms. The van der Waals surface area contributed by atoms with Crippen LogP contribution in [0, 0.1) is 5.41 Å². The molecule has 2 aromatic carbocycles. The quantitative estimate of drug-likeness (QED) is 0.757. The maximum absolute atomic E-state index is 11.8. The van der Waals surface area contributed by atoms with Gasteiger partial charge in [0, 0.05) is 27.9 Å². The van der Waals surface area contributed by atoms with Crippen molar-refractivity contribution in [1.82, 2.24) is 0 Å². The Morgan fingerprint density at radius 1 is 1.33 bits per heavy atom. The molecule has 3 rings (SSSR count). The summed E-state index contributed by atoms with van der Waals surface area (Å²) in [4.78, 5) is 11.8. The number of benzene rings is 2. The molecule has 2 aromatic rings. The summed E-state index contributed by atoms with van der Waals surface area (Å²) >= 11 is 6.54. The van der Waals surface area contributed by atoms with E-state index in [-0.39, 0.29) is 5.91 Å². The summed E-state index contributed by atoms with van der Waals surface area (Å²) < 4.78 is 0. The van der Waals surface area contributed by atoms with Crippen LogP contribution in [0.5, 0.6) is 0 Å². The van der Waals surface area contributed by atoms with Crippen molar-refractivity contribution in [3.05, 3.63) is 52.0 Å². The van der Waals surface area contributed by atoms with Crippen LogP contribution in [0.3, 0.4) is 0 Å². The molecule has 24 heavy (non-hydrogen) atoms. The van der Waals surface area contributed by atoms with Crippen LogP contribution >= 0.6 is 11.6 Å². The molecule has 3 nitrogen and oxygen atoms in total. The third kappa shape index (κ3) is 2.73. The smallest absolute Gasteiger partial charge is 0.228 e. The van der Waals surface area contributed by atoms with E-state index in [1.54, 1.807) is 0 Å². The normalized spacial score (nSPS) is 13.6. The van der Waals surface area contributed by atoms with E-state index < -0.39 is 5.41 Å². The summed E-state index contributed by atoms with van der Waals surface area (Å²) in [7, 11) is 0. The molecule has 0 atom stereocenters. The first-order valence-corrected chi connectivity index (χ1v) is 8.51. The van der Waals surface area contributed by atoms with Gasteiger partial charge in [-0.3, -0.25) is 4.79 Å². The summed E-state index contributed by atoms with van der Waals surface area (Å²) in [6.45, 7) is 6.10. The Morgan fingerprint density at radius 3 is 2.75 bits per heavy atom. The van der Waals surface area contributed by atoms with Gasteiger partial charge >= 0.3 is 0 Å². The zero-order valence-electron chi connectivity index (χ0n) is 14.2. The van der Waals surface area contributed by atoms with Crippen LogP contribution in [0.2, 0.25) is 5.02 Å². The fourth-order valence-electron chi connectivity index (χ4n) is 3.28. The summed E-state index contributed by atoms with van der Waals surface area (Å²) in [5, 5.41) is 11.4. The molecule has 124 valence electrons. The fraction of sp³-hybridized carbons (Fsp3) is 0.300. The summed E-state index contributed by atoms with van der Waals surface area (Å²) in [5.41, 5.74) is 5.65. The Bertz CT molecular complexity index is 840. The second kappa shape index (κ2) is 6.06. The van der Waals surface area contributed by atoms with Crippen molar-refractivity contribution in [1.29, 1.82) is 5.41 Å². The highest BCUT2D eigenvalue weighted by atomic mass is 35.5. The lowest BCUT2D eigenvalue weighted by molar-refractivity contribution is -0.115. The minimum absolute atomic E-state index is 0.0380. The molecule has 1 amide bonds. The number of rotatable bonds is 4. The van der Waals surface area contributed by atoms with Crippen molar-refractivity contribution < 1.29 is 4.79 Å². The van der Waals surface area contributed by atoms with Gasteiger partial charge in [-0.05, 0) is 46.9 Å². The third-order valence-electron chi connectivity index (χ3n) is 4.66. The first-order valence-electron chi connectivity index (χ1n) is 8.14.